The Morgan fingerprint density at radius 2 is 2.25 bits per heavy atom. The van der Waals surface area contributed by atoms with Crippen molar-refractivity contribution in [2.75, 3.05) is 13.7 Å². The van der Waals surface area contributed by atoms with Gasteiger partial charge in [-0.1, -0.05) is 18.2 Å². The van der Waals surface area contributed by atoms with Crippen molar-refractivity contribution in [3.8, 4) is 0 Å². The molecule has 3 nitrogen and oxygen atoms in total. The molecule has 1 heterocycles. The van der Waals surface area contributed by atoms with Gasteiger partial charge in [-0.3, -0.25) is 4.79 Å². The van der Waals surface area contributed by atoms with Crippen molar-refractivity contribution in [1.29, 1.82) is 0 Å². The van der Waals surface area contributed by atoms with Gasteiger partial charge in [-0.05, 0) is 22.4 Å². The molecule has 0 spiro atoms. The minimum absolute atomic E-state index is 0.204. The van der Waals surface area contributed by atoms with Crippen LogP contribution in [0.4, 0.5) is 0 Å². The van der Waals surface area contributed by atoms with Gasteiger partial charge in [0.15, 0.2) is 0 Å². The summed E-state index contributed by atoms with van der Waals surface area (Å²) in [7, 11) is 1.52. The smallest absolute Gasteiger partial charge is 0.313 e. The largest absolute Gasteiger partial charge is 0.481 e. The van der Waals surface area contributed by atoms with Crippen molar-refractivity contribution in [2.45, 2.75) is 5.92 Å². The average Bonchev–Trinajstić information content (AvgIpc) is 2.69. The van der Waals surface area contributed by atoms with Crippen LogP contribution in [0.1, 0.15) is 11.5 Å². The summed E-state index contributed by atoms with van der Waals surface area (Å²) >= 11 is 1.57. The van der Waals surface area contributed by atoms with Gasteiger partial charge >= 0.3 is 5.97 Å². The van der Waals surface area contributed by atoms with Crippen LogP contribution in [-0.4, -0.2) is 24.8 Å². The van der Waals surface area contributed by atoms with Crippen molar-refractivity contribution in [3.05, 3.63) is 35.2 Å². The molecule has 1 N–H and O–H groups in total. The molecule has 0 aliphatic heterocycles. The van der Waals surface area contributed by atoms with Crippen LogP contribution >= 0.6 is 11.3 Å². The zero-order chi connectivity index (χ0) is 11.5. The van der Waals surface area contributed by atoms with Crippen molar-refractivity contribution in [3.63, 3.8) is 0 Å². The first-order valence-electron chi connectivity index (χ1n) is 4.92. The Morgan fingerprint density at radius 1 is 1.50 bits per heavy atom. The third-order valence-corrected chi connectivity index (χ3v) is 3.50. The van der Waals surface area contributed by atoms with Gasteiger partial charge in [0.2, 0.25) is 0 Å². The van der Waals surface area contributed by atoms with E-state index in [1.165, 1.54) is 7.11 Å². The third kappa shape index (κ3) is 1.94. The highest BCUT2D eigenvalue weighted by atomic mass is 32.1. The second kappa shape index (κ2) is 4.63. The molecule has 1 aromatic carbocycles. The lowest BCUT2D eigenvalue weighted by Gasteiger charge is -2.10. The Morgan fingerprint density at radius 3 is 2.94 bits per heavy atom. The molecule has 16 heavy (non-hydrogen) atoms. The van der Waals surface area contributed by atoms with E-state index in [1.807, 2.05) is 29.6 Å². The van der Waals surface area contributed by atoms with Gasteiger partial charge in [0, 0.05) is 11.8 Å². The number of thiophene rings is 1. The van der Waals surface area contributed by atoms with Gasteiger partial charge < -0.3 is 9.84 Å². The summed E-state index contributed by atoms with van der Waals surface area (Å²) in [4.78, 5) is 11.2. The normalized spacial score (nSPS) is 12.8. The van der Waals surface area contributed by atoms with E-state index in [1.54, 1.807) is 11.3 Å². The molecule has 0 amide bonds. The molecular formula is C12H12O3S. The molecular weight excluding hydrogens is 224 g/mol. The quantitative estimate of drug-likeness (QED) is 0.887. The van der Waals surface area contributed by atoms with Crippen LogP contribution in [0.25, 0.3) is 10.1 Å². The number of methoxy groups -OCH3 is 1. The molecule has 2 rings (SSSR count). The Kier molecular flexibility index (Phi) is 3.22. The summed E-state index contributed by atoms with van der Waals surface area (Å²) in [6, 6.07) is 7.82. The standard InChI is InChI=1S/C12H12O3S/c1-15-6-9(12(13)14)10-7-16-11-5-3-2-4-8(10)11/h2-5,7,9H,6H2,1H3,(H,13,14). The minimum atomic E-state index is -0.842. The molecule has 1 aromatic heterocycles. The summed E-state index contributed by atoms with van der Waals surface area (Å²) in [5.74, 6) is -1.42. The zero-order valence-electron chi connectivity index (χ0n) is 8.84. The molecule has 0 fully saturated rings. The van der Waals surface area contributed by atoms with E-state index in [9.17, 15) is 4.79 Å². The summed E-state index contributed by atoms with van der Waals surface area (Å²) in [6.45, 7) is 0.204. The number of hydrogen-bond acceptors (Lipinski definition) is 3. The summed E-state index contributed by atoms with van der Waals surface area (Å²) < 4.78 is 6.07. The number of carboxylic acids is 1. The highest BCUT2D eigenvalue weighted by Crippen LogP contribution is 2.31. The maximum Gasteiger partial charge on any atom is 0.313 e. The molecule has 0 radical (unpaired) electrons. The number of rotatable bonds is 4. The van der Waals surface area contributed by atoms with Crippen LogP contribution in [0.15, 0.2) is 29.6 Å². The van der Waals surface area contributed by atoms with Gasteiger partial charge in [-0.15, -0.1) is 11.3 Å². The van der Waals surface area contributed by atoms with E-state index >= 15 is 0 Å². The zero-order valence-corrected chi connectivity index (χ0v) is 9.66. The fraction of sp³-hybridized carbons (Fsp3) is 0.250. The topological polar surface area (TPSA) is 46.5 Å². The lowest BCUT2D eigenvalue weighted by Crippen LogP contribution is -2.16. The molecule has 4 heteroatoms. The third-order valence-electron chi connectivity index (χ3n) is 2.52. The van der Waals surface area contributed by atoms with E-state index in [0.717, 1.165) is 15.6 Å². The second-order valence-corrected chi connectivity index (χ2v) is 4.44. The fourth-order valence-electron chi connectivity index (χ4n) is 1.73. The van der Waals surface area contributed by atoms with Crippen LogP contribution in [0.3, 0.4) is 0 Å². The van der Waals surface area contributed by atoms with E-state index in [2.05, 4.69) is 0 Å². The summed E-state index contributed by atoms with van der Waals surface area (Å²) in [6.07, 6.45) is 0. The first-order valence-corrected chi connectivity index (χ1v) is 5.80. The van der Waals surface area contributed by atoms with Gasteiger partial charge in [0.05, 0.1) is 6.61 Å². The van der Waals surface area contributed by atoms with Crippen molar-refractivity contribution < 1.29 is 14.6 Å². The number of ether oxygens (including phenoxy) is 1. The Hall–Kier alpha value is -1.39. The van der Waals surface area contributed by atoms with Crippen molar-refractivity contribution in [2.24, 2.45) is 0 Å². The van der Waals surface area contributed by atoms with Crippen LogP contribution in [0, 0.1) is 0 Å². The molecule has 1 unspecified atom stereocenters. The van der Waals surface area contributed by atoms with Crippen LogP contribution < -0.4 is 0 Å². The first kappa shape index (κ1) is 11.1. The predicted octanol–water partition coefficient (Wildman–Crippen LogP) is 2.72. The average molecular weight is 236 g/mol. The fourth-order valence-corrected chi connectivity index (χ4v) is 2.74. The Balaban J connectivity index is 2.48. The Bertz CT molecular complexity index is 504. The molecule has 0 aliphatic rings. The maximum atomic E-state index is 11.2. The molecule has 0 saturated carbocycles. The number of hydrogen-bond donors (Lipinski definition) is 1. The van der Waals surface area contributed by atoms with E-state index in [4.69, 9.17) is 9.84 Å². The SMILES string of the molecule is COCC(C(=O)O)c1csc2ccccc12. The predicted molar refractivity (Wildman–Crippen MR) is 64.1 cm³/mol. The summed E-state index contributed by atoms with van der Waals surface area (Å²) in [5, 5.41) is 12.1. The van der Waals surface area contributed by atoms with E-state index < -0.39 is 11.9 Å². The number of aliphatic carboxylic acids is 1. The van der Waals surface area contributed by atoms with Crippen LogP contribution in [0.2, 0.25) is 0 Å². The van der Waals surface area contributed by atoms with E-state index in [0.29, 0.717) is 0 Å². The molecule has 0 bridgehead atoms. The van der Waals surface area contributed by atoms with Gasteiger partial charge in [-0.25, -0.2) is 0 Å². The number of benzene rings is 1. The van der Waals surface area contributed by atoms with Crippen molar-refractivity contribution >= 4 is 27.4 Å². The highest BCUT2D eigenvalue weighted by molar-refractivity contribution is 7.17. The number of carbonyl (C=O) groups is 1. The monoisotopic (exact) mass is 236 g/mol. The van der Waals surface area contributed by atoms with Crippen molar-refractivity contribution in [1.82, 2.24) is 0 Å². The highest BCUT2D eigenvalue weighted by Gasteiger charge is 2.22. The summed E-state index contributed by atoms with van der Waals surface area (Å²) in [5.41, 5.74) is 0.843. The number of carboxylic acid groups (broad SMARTS) is 1. The lowest BCUT2D eigenvalue weighted by molar-refractivity contribution is -0.140. The minimum Gasteiger partial charge on any atom is -0.481 e. The molecule has 84 valence electrons. The second-order valence-electron chi connectivity index (χ2n) is 3.53. The van der Waals surface area contributed by atoms with E-state index in [-0.39, 0.29) is 6.61 Å². The van der Waals surface area contributed by atoms with Gasteiger partial charge in [0.1, 0.15) is 5.92 Å². The number of fused-ring (bicyclic) bond motifs is 1. The maximum absolute atomic E-state index is 11.2. The first-order chi connectivity index (χ1) is 7.74. The molecule has 0 aliphatic carbocycles. The van der Waals surface area contributed by atoms with Gasteiger partial charge in [0.25, 0.3) is 0 Å². The molecule has 1 atom stereocenters. The molecule has 0 saturated heterocycles. The van der Waals surface area contributed by atoms with Crippen LogP contribution in [0.5, 0.6) is 0 Å². The lowest BCUT2D eigenvalue weighted by atomic mass is 10.00. The van der Waals surface area contributed by atoms with Gasteiger partial charge in [-0.2, -0.15) is 0 Å². The molecule has 2 aromatic rings. The Labute approximate surface area is 97.3 Å². The van der Waals surface area contributed by atoms with Crippen LogP contribution in [-0.2, 0) is 9.53 Å².